The normalized spacial score (nSPS) is 15.0. The second-order valence-corrected chi connectivity index (χ2v) is 5.21. The summed E-state index contributed by atoms with van der Waals surface area (Å²) in [5, 5.41) is 39.5. The lowest BCUT2D eigenvalue weighted by Crippen LogP contribution is -2.57. The highest BCUT2D eigenvalue weighted by atomic mass is 16.5. The van der Waals surface area contributed by atoms with Crippen LogP contribution in [0.15, 0.2) is 0 Å². The van der Waals surface area contributed by atoms with Crippen LogP contribution in [0.2, 0.25) is 0 Å². The van der Waals surface area contributed by atoms with Gasteiger partial charge in [0.2, 0.25) is 0 Å². The largest absolute Gasteiger partial charge is 0.394 e. The summed E-state index contributed by atoms with van der Waals surface area (Å²) < 4.78 is 5.38. The van der Waals surface area contributed by atoms with Gasteiger partial charge in [0.15, 0.2) is 0 Å². The van der Waals surface area contributed by atoms with Gasteiger partial charge in [-0.05, 0) is 20.8 Å². The Morgan fingerprint density at radius 2 is 1.53 bits per heavy atom. The second kappa shape index (κ2) is 7.25. The average molecular weight is 251 g/mol. The molecule has 0 saturated heterocycles. The van der Waals surface area contributed by atoms with Crippen LogP contribution in [0.3, 0.4) is 0 Å². The minimum absolute atomic E-state index is 0.123. The molecular weight excluding hydrogens is 226 g/mol. The lowest BCUT2D eigenvalue weighted by Gasteiger charge is -2.30. The van der Waals surface area contributed by atoms with Gasteiger partial charge in [-0.15, -0.1) is 0 Å². The maximum atomic E-state index is 9.63. The van der Waals surface area contributed by atoms with Crippen LogP contribution in [-0.2, 0) is 4.74 Å². The molecule has 0 rings (SSSR count). The number of β-amino-alcohol motifs (C(OH)–C–C–N with tert-alkyl or cyclic N) is 1. The number of aliphatic hydroxyl groups excluding tert-OH is 4. The standard InChI is InChI=1S/C11H25NO5/c1-10(2,3)17-5-9(16)4-12-11(6-13,7-14)8-15/h9,12-16H,4-8H2,1-3H3. The average Bonchev–Trinajstić information content (AvgIpc) is 2.28. The van der Waals surface area contributed by atoms with Crippen molar-refractivity contribution >= 4 is 0 Å². The predicted molar refractivity (Wildman–Crippen MR) is 63.7 cm³/mol. The predicted octanol–water partition coefficient (Wildman–Crippen LogP) is -1.53. The first kappa shape index (κ1) is 16.8. The van der Waals surface area contributed by atoms with E-state index in [0.717, 1.165) is 0 Å². The van der Waals surface area contributed by atoms with Crippen LogP contribution < -0.4 is 5.32 Å². The molecule has 0 aliphatic carbocycles. The summed E-state index contributed by atoms with van der Waals surface area (Å²) in [4.78, 5) is 0. The van der Waals surface area contributed by atoms with Crippen molar-refractivity contribution in [2.75, 3.05) is 33.0 Å². The summed E-state index contributed by atoms with van der Waals surface area (Å²) in [6.45, 7) is 4.69. The summed E-state index contributed by atoms with van der Waals surface area (Å²) in [5.41, 5.74) is -1.49. The summed E-state index contributed by atoms with van der Waals surface area (Å²) in [6, 6.07) is 0. The van der Waals surface area contributed by atoms with Crippen molar-refractivity contribution in [1.82, 2.24) is 5.32 Å². The summed E-state index contributed by atoms with van der Waals surface area (Å²) >= 11 is 0. The lowest BCUT2D eigenvalue weighted by molar-refractivity contribution is -0.0528. The van der Waals surface area contributed by atoms with E-state index in [-0.39, 0.29) is 18.8 Å². The molecule has 0 aliphatic heterocycles. The molecule has 5 N–H and O–H groups in total. The quantitative estimate of drug-likeness (QED) is 0.359. The number of aliphatic hydroxyl groups is 4. The monoisotopic (exact) mass is 251 g/mol. The molecule has 0 aromatic heterocycles. The summed E-state index contributed by atoms with van der Waals surface area (Å²) in [6.07, 6.45) is -0.766. The molecule has 0 saturated carbocycles. The van der Waals surface area contributed by atoms with E-state index >= 15 is 0 Å². The van der Waals surface area contributed by atoms with Gasteiger partial charge in [-0.1, -0.05) is 0 Å². The van der Waals surface area contributed by atoms with E-state index in [9.17, 15) is 5.11 Å². The molecule has 104 valence electrons. The van der Waals surface area contributed by atoms with Crippen LogP contribution >= 0.6 is 0 Å². The minimum Gasteiger partial charge on any atom is -0.394 e. The van der Waals surface area contributed by atoms with E-state index in [2.05, 4.69) is 5.32 Å². The van der Waals surface area contributed by atoms with E-state index in [1.54, 1.807) is 0 Å². The topological polar surface area (TPSA) is 102 Å². The van der Waals surface area contributed by atoms with Crippen molar-refractivity contribution in [3.63, 3.8) is 0 Å². The molecule has 6 nitrogen and oxygen atoms in total. The van der Waals surface area contributed by atoms with E-state index in [0.29, 0.717) is 0 Å². The third kappa shape index (κ3) is 6.92. The van der Waals surface area contributed by atoms with Crippen LogP contribution in [-0.4, -0.2) is 70.6 Å². The highest BCUT2D eigenvalue weighted by Gasteiger charge is 2.28. The van der Waals surface area contributed by atoms with Crippen LogP contribution in [0.5, 0.6) is 0 Å². The first-order valence-electron chi connectivity index (χ1n) is 5.68. The number of ether oxygens (including phenoxy) is 1. The van der Waals surface area contributed by atoms with Crippen molar-refractivity contribution in [1.29, 1.82) is 0 Å². The van der Waals surface area contributed by atoms with Gasteiger partial charge >= 0.3 is 0 Å². The Morgan fingerprint density at radius 3 is 1.88 bits per heavy atom. The molecular formula is C11H25NO5. The van der Waals surface area contributed by atoms with Crippen LogP contribution in [0.1, 0.15) is 20.8 Å². The molecule has 0 amide bonds. The van der Waals surface area contributed by atoms with Gasteiger partial charge in [0.25, 0.3) is 0 Å². The Hall–Kier alpha value is -0.240. The molecule has 0 fully saturated rings. The van der Waals surface area contributed by atoms with Gasteiger partial charge in [0.05, 0.1) is 43.7 Å². The SMILES string of the molecule is CC(C)(C)OCC(O)CNC(CO)(CO)CO. The molecule has 17 heavy (non-hydrogen) atoms. The second-order valence-electron chi connectivity index (χ2n) is 5.21. The Bertz CT molecular complexity index is 192. The van der Waals surface area contributed by atoms with Crippen molar-refractivity contribution in [2.24, 2.45) is 0 Å². The smallest absolute Gasteiger partial charge is 0.0898 e. The van der Waals surface area contributed by atoms with Gasteiger partial charge in [-0.3, -0.25) is 0 Å². The molecule has 0 radical (unpaired) electrons. The molecule has 0 heterocycles. The Balaban J connectivity index is 4.01. The maximum Gasteiger partial charge on any atom is 0.0898 e. The molecule has 6 heteroatoms. The number of rotatable bonds is 8. The van der Waals surface area contributed by atoms with E-state index in [4.69, 9.17) is 20.1 Å². The first-order valence-corrected chi connectivity index (χ1v) is 5.68. The number of hydrogen-bond donors (Lipinski definition) is 5. The molecule has 0 aliphatic rings. The van der Waals surface area contributed by atoms with Crippen molar-refractivity contribution in [3.8, 4) is 0 Å². The van der Waals surface area contributed by atoms with Crippen LogP contribution in [0.4, 0.5) is 0 Å². The van der Waals surface area contributed by atoms with Gasteiger partial charge in [-0.25, -0.2) is 0 Å². The maximum absolute atomic E-state index is 9.63. The Kier molecular flexibility index (Phi) is 7.15. The third-order valence-electron chi connectivity index (χ3n) is 2.33. The highest BCUT2D eigenvalue weighted by Crippen LogP contribution is 2.07. The van der Waals surface area contributed by atoms with Crippen molar-refractivity contribution < 1.29 is 25.2 Å². The Labute approximate surface area is 102 Å². The third-order valence-corrected chi connectivity index (χ3v) is 2.33. The zero-order valence-corrected chi connectivity index (χ0v) is 10.8. The van der Waals surface area contributed by atoms with Gasteiger partial charge in [0, 0.05) is 6.54 Å². The van der Waals surface area contributed by atoms with Crippen molar-refractivity contribution in [2.45, 2.75) is 38.0 Å². The molecule has 0 aromatic carbocycles. The van der Waals surface area contributed by atoms with Crippen LogP contribution in [0, 0.1) is 0 Å². The zero-order valence-electron chi connectivity index (χ0n) is 10.8. The number of nitrogens with one attached hydrogen (secondary N) is 1. The van der Waals surface area contributed by atoms with Gasteiger partial charge in [-0.2, -0.15) is 0 Å². The van der Waals surface area contributed by atoms with E-state index in [1.165, 1.54) is 0 Å². The van der Waals surface area contributed by atoms with Crippen LogP contribution in [0.25, 0.3) is 0 Å². The van der Waals surface area contributed by atoms with Crippen molar-refractivity contribution in [3.05, 3.63) is 0 Å². The zero-order chi connectivity index (χ0) is 13.5. The number of hydrogen-bond acceptors (Lipinski definition) is 6. The summed E-state index contributed by atoms with van der Waals surface area (Å²) in [7, 11) is 0. The van der Waals surface area contributed by atoms with E-state index < -0.39 is 31.5 Å². The fourth-order valence-corrected chi connectivity index (χ4v) is 1.06. The minimum atomic E-state index is -1.16. The Morgan fingerprint density at radius 1 is 1.06 bits per heavy atom. The highest BCUT2D eigenvalue weighted by molar-refractivity contribution is 4.87. The fourth-order valence-electron chi connectivity index (χ4n) is 1.06. The first-order chi connectivity index (χ1) is 7.78. The molecule has 0 bridgehead atoms. The van der Waals surface area contributed by atoms with E-state index in [1.807, 2.05) is 20.8 Å². The fraction of sp³-hybridized carbons (Fsp3) is 1.00. The molecule has 0 aromatic rings. The van der Waals surface area contributed by atoms with Gasteiger partial charge in [0.1, 0.15) is 0 Å². The molecule has 1 atom stereocenters. The van der Waals surface area contributed by atoms with Gasteiger partial charge < -0.3 is 30.5 Å². The lowest BCUT2D eigenvalue weighted by atomic mass is 10.0. The molecule has 0 spiro atoms. The molecule has 1 unspecified atom stereocenters. The summed E-state index contributed by atoms with van der Waals surface area (Å²) in [5.74, 6) is 0.